The molecule has 1 aliphatic heterocycles. The Bertz CT molecular complexity index is 590. The lowest BCUT2D eigenvalue weighted by Gasteiger charge is -2.11. The zero-order valence-corrected chi connectivity index (χ0v) is 12.5. The fourth-order valence-electron chi connectivity index (χ4n) is 2.33. The zero-order chi connectivity index (χ0) is 13.9. The second-order valence-electron chi connectivity index (χ2n) is 4.85. The molecule has 2 aromatic rings. The van der Waals surface area contributed by atoms with Gasteiger partial charge in [-0.15, -0.1) is 10.2 Å². The lowest BCUT2D eigenvalue weighted by molar-refractivity contribution is 0.623. The second-order valence-corrected chi connectivity index (χ2v) is 5.92. The summed E-state index contributed by atoms with van der Waals surface area (Å²) in [6.07, 6.45) is 3.24. The van der Waals surface area contributed by atoms with Gasteiger partial charge in [0.15, 0.2) is 0 Å². The Hall–Kier alpha value is -1.60. The third-order valence-corrected chi connectivity index (χ3v) is 4.26. The predicted octanol–water partition coefficient (Wildman–Crippen LogP) is 2.37. The molecule has 0 amide bonds. The summed E-state index contributed by atoms with van der Waals surface area (Å²) in [6, 6.07) is 2.35. The molecular weight excluding hydrogens is 272 g/mol. The summed E-state index contributed by atoms with van der Waals surface area (Å²) in [4.78, 5) is 8.96. The van der Waals surface area contributed by atoms with E-state index in [0.29, 0.717) is 6.04 Å². The van der Waals surface area contributed by atoms with E-state index in [1.165, 1.54) is 6.42 Å². The van der Waals surface area contributed by atoms with Crippen LogP contribution in [0.3, 0.4) is 0 Å². The van der Waals surface area contributed by atoms with E-state index in [1.54, 1.807) is 11.3 Å². The number of hydrogen-bond donors (Lipinski definition) is 2. The average Bonchev–Trinajstić information content (AvgIpc) is 3.09. The van der Waals surface area contributed by atoms with E-state index in [0.717, 1.165) is 46.9 Å². The van der Waals surface area contributed by atoms with Gasteiger partial charge in [-0.2, -0.15) is 0 Å². The third-order valence-electron chi connectivity index (χ3n) is 3.28. The van der Waals surface area contributed by atoms with Crippen molar-refractivity contribution in [3.63, 3.8) is 0 Å². The normalized spacial score (nSPS) is 18.4. The van der Waals surface area contributed by atoms with Crippen LogP contribution in [0.25, 0.3) is 0 Å². The van der Waals surface area contributed by atoms with E-state index < -0.39 is 0 Å². The Morgan fingerprint density at radius 1 is 1.40 bits per heavy atom. The van der Waals surface area contributed by atoms with E-state index >= 15 is 0 Å². The van der Waals surface area contributed by atoms with Crippen LogP contribution in [0.1, 0.15) is 42.3 Å². The van der Waals surface area contributed by atoms with Crippen molar-refractivity contribution in [3.8, 4) is 0 Å². The molecule has 0 aliphatic carbocycles. The second kappa shape index (κ2) is 5.80. The van der Waals surface area contributed by atoms with Gasteiger partial charge in [0.25, 0.3) is 0 Å². The van der Waals surface area contributed by atoms with Crippen molar-refractivity contribution in [2.45, 2.75) is 39.2 Å². The predicted molar refractivity (Wildman–Crippen MR) is 79.3 cm³/mol. The highest BCUT2D eigenvalue weighted by Gasteiger charge is 2.18. The van der Waals surface area contributed by atoms with Crippen LogP contribution in [0, 0.1) is 6.92 Å². The first kappa shape index (κ1) is 13.4. The zero-order valence-electron chi connectivity index (χ0n) is 11.7. The molecule has 2 N–H and O–H groups in total. The van der Waals surface area contributed by atoms with Crippen LogP contribution in [0.2, 0.25) is 0 Å². The minimum Gasteiger partial charge on any atom is -0.315 e. The largest absolute Gasteiger partial charge is 0.315 e. The lowest BCUT2D eigenvalue weighted by Crippen LogP contribution is -2.15. The van der Waals surface area contributed by atoms with Crippen LogP contribution in [0.4, 0.5) is 10.9 Å². The van der Waals surface area contributed by atoms with Gasteiger partial charge >= 0.3 is 0 Å². The van der Waals surface area contributed by atoms with Gasteiger partial charge in [-0.1, -0.05) is 18.3 Å². The summed E-state index contributed by atoms with van der Waals surface area (Å²) in [7, 11) is 0. The molecule has 0 unspecified atom stereocenters. The van der Waals surface area contributed by atoms with Crippen molar-refractivity contribution in [3.05, 3.63) is 22.6 Å². The van der Waals surface area contributed by atoms with Crippen molar-refractivity contribution in [2.75, 3.05) is 11.9 Å². The van der Waals surface area contributed by atoms with Crippen molar-refractivity contribution >= 4 is 22.3 Å². The molecule has 0 bridgehead atoms. The molecule has 1 aliphatic rings. The van der Waals surface area contributed by atoms with Crippen molar-refractivity contribution in [1.29, 1.82) is 0 Å². The third kappa shape index (κ3) is 2.94. The maximum atomic E-state index is 4.53. The Morgan fingerprint density at radius 2 is 2.30 bits per heavy atom. The Balaban J connectivity index is 1.81. The molecule has 1 saturated heterocycles. The summed E-state index contributed by atoms with van der Waals surface area (Å²) in [5, 5.41) is 16.7. The number of nitrogens with zero attached hydrogens (tertiary/aromatic N) is 4. The quantitative estimate of drug-likeness (QED) is 0.900. The van der Waals surface area contributed by atoms with E-state index in [-0.39, 0.29) is 0 Å². The van der Waals surface area contributed by atoms with E-state index in [2.05, 4.69) is 37.7 Å². The maximum absolute atomic E-state index is 4.53. The number of hydrogen-bond acceptors (Lipinski definition) is 7. The first-order chi connectivity index (χ1) is 9.74. The molecule has 3 rings (SSSR count). The fraction of sp³-hybridized carbons (Fsp3) is 0.538. The van der Waals surface area contributed by atoms with Gasteiger partial charge in [-0.3, -0.25) is 0 Å². The van der Waals surface area contributed by atoms with Crippen LogP contribution < -0.4 is 10.6 Å². The van der Waals surface area contributed by atoms with Gasteiger partial charge in [0.2, 0.25) is 5.13 Å². The van der Waals surface area contributed by atoms with Gasteiger partial charge in [0.05, 0.1) is 5.69 Å². The minimum absolute atomic E-state index is 0.345. The number of nitrogens with one attached hydrogen (secondary N) is 2. The average molecular weight is 290 g/mol. The maximum Gasteiger partial charge on any atom is 0.211 e. The summed E-state index contributed by atoms with van der Waals surface area (Å²) >= 11 is 1.56. The van der Waals surface area contributed by atoms with Crippen LogP contribution in [0.5, 0.6) is 0 Å². The van der Waals surface area contributed by atoms with E-state index in [9.17, 15) is 0 Å². The molecule has 6 nitrogen and oxygen atoms in total. The highest BCUT2D eigenvalue weighted by atomic mass is 32.1. The van der Waals surface area contributed by atoms with E-state index in [1.807, 2.05) is 13.0 Å². The molecule has 7 heteroatoms. The topological polar surface area (TPSA) is 75.6 Å². The summed E-state index contributed by atoms with van der Waals surface area (Å²) in [5.41, 5.74) is 1.05. The van der Waals surface area contributed by atoms with E-state index in [4.69, 9.17) is 0 Å². The molecule has 0 radical (unpaired) electrons. The van der Waals surface area contributed by atoms with Crippen LogP contribution in [-0.4, -0.2) is 26.7 Å². The van der Waals surface area contributed by atoms with Crippen LogP contribution in [-0.2, 0) is 6.42 Å². The molecular formula is C13H18N6S. The van der Waals surface area contributed by atoms with Crippen LogP contribution in [0.15, 0.2) is 6.07 Å². The van der Waals surface area contributed by atoms with Gasteiger partial charge in [-0.25, -0.2) is 9.97 Å². The minimum atomic E-state index is 0.345. The molecule has 20 heavy (non-hydrogen) atoms. The van der Waals surface area contributed by atoms with Gasteiger partial charge in [-0.05, 0) is 32.7 Å². The molecule has 0 aromatic carbocycles. The number of anilines is 2. The smallest absolute Gasteiger partial charge is 0.211 e. The monoisotopic (exact) mass is 290 g/mol. The van der Waals surface area contributed by atoms with Crippen molar-refractivity contribution < 1.29 is 0 Å². The molecule has 1 fully saturated rings. The standard InChI is InChI=1S/C13H18N6S/c1-3-12-18-19-13(20-12)17-11-7-10(15-8(2)16-11)9-5-4-6-14-9/h7,9,14H,3-6H2,1-2H3,(H,15,16,17,19)/t9-/m0/s1. The highest BCUT2D eigenvalue weighted by molar-refractivity contribution is 7.15. The molecule has 0 saturated carbocycles. The number of rotatable bonds is 4. The molecule has 106 valence electrons. The number of aromatic nitrogens is 4. The van der Waals surface area contributed by atoms with Gasteiger partial charge in [0, 0.05) is 12.1 Å². The van der Waals surface area contributed by atoms with Gasteiger partial charge in [0.1, 0.15) is 16.6 Å². The van der Waals surface area contributed by atoms with Gasteiger partial charge < -0.3 is 10.6 Å². The highest BCUT2D eigenvalue weighted by Crippen LogP contribution is 2.25. The Morgan fingerprint density at radius 3 is 3.00 bits per heavy atom. The molecule has 2 aromatic heterocycles. The Kier molecular flexibility index (Phi) is 3.88. The molecule has 3 heterocycles. The lowest BCUT2D eigenvalue weighted by atomic mass is 10.1. The SMILES string of the molecule is CCc1nnc(Nc2cc([C@@H]3CCCN3)nc(C)n2)s1. The van der Waals surface area contributed by atoms with Crippen molar-refractivity contribution in [1.82, 2.24) is 25.5 Å². The molecule has 0 spiro atoms. The van der Waals surface area contributed by atoms with Crippen molar-refractivity contribution in [2.24, 2.45) is 0 Å². The first-order valence-electron chi connectivity index (χ1n) is 6.93. The Labute approximate surface area is 122 Å². The summed E-state index contributed by atoms with van der Waals surface area (Å²) < 4.78 is 0. The fourth-order valence-corrected chi connectivity index (χ4v) is 3.01. The summed E-state index contributed by atoms with van der Waals surface area (Å²) in [6.45, 7) is 5.05. The first-order valence-corrected chi connectivity index (χ1v) is 7.74. The summed E-state index contributed by atoms with van der Waals surface area (Å²) in [5.74, 6) is 1.57. The van der Waals surface area contributed by atoms with Crippen LogP contribution >= 0.6 is 11.3 Å². The number of aryl methyl sites for hydroxylation is 2. The molecule has 1 atom stereocenters.